The topological polar surface area (TPSA) is 105 Å². The van der Waals surface area contributed by atoms with Crippen LogP contribution in [0.3, 0.4) is 0 Å². The number of anilines is 2. The molecule has 1 fully saturated rings. The number of ether oxygens (including phenoxy) is 1. The highest BCUT2D eigenvalue weighted by Gasteiger charge is 2.28. The minimum atomic E-state index is -3.89. The molecule has 0 saturated carbocycles. The highest BCUT2D eigenvalue weighted by molar-refractivity contribution is 7.89. The number of rotatable bonds is 5. The predicted molar refractivity (Wildman–Crippen MR) is 109 cm³/mol. The molecule has 0 bridgehead atoms. The number of nitrogens with one attached hydrogen (secondary N) is 2. The van der Waals surface area contributed by atoms with E-state index in [0.29, 0.717) is 5.69 Å². The Hall–Kier alpha value is -2.82. The van der Waals surface area contributed by atoms with Gasteiger partial charge in [0.1, 0.15) is 5.82 Å². The lowest BCUT2D eigenvalue weighted by Gasteiger charge is -2.26. The summed E-state index contributed by atoms with van der Waals surface area (Å²) in [5.41, 5.74) is 1.01. The smallest absolute Gasteiger partial charge is 0.258 e. The summed E-state index contributed by atoms with van der Waals surface area (Å²) >= 11 is 0. The molecule has 1 heterocycles. The van der Waals surface area contributed by atoms with Gasteiger partial charge in [-0.25, -0.2) is 12.8 Å². The zero-order valence-corrected chi connectivity index (χ0v) is 17.4. The van der Waals surface area contributed by atoms with E-state index < -0.39 is 27.3 Å². The van der Waals surface area contributed by atoms with Crippen LogP contribution < -0.4 is 10.6 Å². The first kappa shape index (κ1) is 21.9. The average molecular weight is 435 g/mol. The van der Waals surface area contributed by atoms with Crippen molar-refractivity contribution in [1.82, 2.24) is 4.31 Å². The van der Waals surface area contributed by atoms with E-state index in [9.17, 15) is 22.4 Å². The van der Waals surface area contributed by atoms with Crippen molar-refractivity contribution in [3.05, 3.63) is 53.3 Å². The second-order valence-electron chi connectivity index (χ2n) is 6.84. The third-order valence-electron chi connectivity index (χ3n) is 4.52. The molecule has 3 rings (SSSR count). The molecule has 0 aliphatic carbocycles. The number of carbonyl (C=O) groups is 2. The van der Waals surface area contributed by atoms with Gasteiger partial charge in [0, 0.05) is 20.0 Å². The van der Waals surface area contributed by atoms with Crippen LogP contribution in [0.4, 0.5) is 15.8 Å². The molecule has 0 radical (unpaired) electrons. The van der Waals surface area contributed by atoms with E-state index in [1.54, 1.807) is 25.1 Å². The summed E-state index contributed by atoms with van der Waals surface area (Å²) in [6.07, 6.45) is 0. The van der Waals surface area contributed by atoms with Crippen LogP contribution in [0.2, 0.25) is 0 Å². The van der Waals surface area contributed by atoms with E-state index >= 15 is 0 Å². The maximum absolute atomic E-state index is 14.4. The average Bonchev–Trinajstić information content (AvgIpc) is 2.70. The van der Waals surface area contributed by atoms with E-state index in [0.717, 1.165) is 23.8 Å². The Kier molecular flexibility index (Phi) is 6.49. The molecule has 10 heteroatoms. The van der Waals surface area contributed by atoms with Crippen LogP contribution in [0.25, 0.3) is 0 Å². The first-order valence-electron chi connectivity index (χ1n) is 9.25. The van der Waals surface area contributed by atoms with E-state index in [1.807, 2.05) is 0 Å². The molecule has 0 atom stereocenters. The fourth-order valence-corrected chi connectivity index (χ4v) is 4.46. The number of hydrogen-bond acceptors (Lipinski definition) is 5. The van der Waals surface area contributed by atoms with Gasteiger partial charge in [-0.1, -0.05) is 6.07 Å². The summed E-state index contributed by atoms with van der Waals surface area (Å²) in [5.74, 6) is -2.02. The maximum Gasteiger partial charge on any atom is 0.258 e. The number of hydrogen-bond donors (Lipinski definition) is 2. The molecule has 2 aromatic rings. The second kappa shape index (κ2) is 8.90. The summed E-state index contributed by atoms with van der Waals surface area (Å²) in [6.45, 7) is 4.03. The number of sulfonamides is 1. The summed E-state index contributed by atoms with van der Waals surface area (Å²) in [6, 6.07) is 8.08. The highest BCUT2D eigenvalue weighted by Crippen LogP contribution is 2.25. The minimum Gasteiger partial charge on any atom is -0.379 e. The van der Waals surface area contributed by atoms with Gasteiger partial charge >= 0.3 is 0 Å². The van der Waals surface area contributed by atoms with Crippen LogP contribution in [0.15, 0.2) is 41.3 Å². The van der Waals surface area contributed by atoms with Gasteiger partial charge in [-0.3, -0.25) is 9.59 Å². The Morgan fingerprint density at radius 1 is 1.03 bits per heavy atom. The van der Waals surface area contributed by atoms with Crippen molar-refractivity contribution in [1.29, 1.82) is 0 Å². The Morgan fingerprint density at radius 2 is 1.73 bits per heavy atom. The molecule has 1 aliphatic rings. The van der Waals surface area contributed by atoms with Crippen molar-refractivity contribution in [2.75, 3.05) is 36.9 Å². The molecule has 0 spiro atoms. The van der Waals surface area contributed by atoms with Crippen LogP contribution in [-0.4, -0.2) is 50.8 Å². The third-order valence-corrected chi connectivity index (χ3v) is 6.42. The van der Waals surface area contributed by atoms with Crippen LogP contribution in [0.1, 0.15) is 22.8 Å². The molecule has 0 aromatic heterocycles. The Bertz CT molecular complexity index is 1080. The van der Waals surface area contributed by atoms with Gasteiger partial charge < -0.3 is 15.4 Å². The lowest BCUT2D eigenvalue weighted by atomic mass is 10.1. The molecule has 1 saturated heterocycles. The molecular weight excluding hydrogens is 413 g/mol. The van der Waals surface area contributed by atoms with Crippen molar-refractivity contribution in [2.24, 2.45) is 0 Å². The fraction of sp³-hybridized carbons (Fsp3) is 0.300. The fourth-order valence-electron chi connectivity index (χ4n) is 3.02. The van der Waals surface area contributed by atoms with Crippen LogP contribution in [0.5, 0.6) is 0 Å². The van der Waals surface area contributed by atoms with Gasteiger partial charge in [0.2, 0.25) is 15.9 Å². The third kappa shape index (κ3) is 4.84. The Morgan fingerprint density at radius 3 is 2.40 bits per heavy atom. The normalized spacial score (nSPS) is 14.9. The monoisotopic (exact) mass is 435 g/mol. The van der Waals surface area contributed by atoms with Crippen molar-refractivity contribution in [3.63, 3.8) is 0 Å². The Balaban J connectivity index is 1.91. The summed E-state index contributed by atoms with van der Waals surface area (Å²) in [4.78, 5) is 24.0. The number of benzene rings is 2. The molecule has 8 nitrogen and oxygen atoms in total. The number of halogens is 1. The summed E-state index contributed by atoms with van der Waals surface area (Å²) in [7, 11) is -3.89. The zero-order chi connectivity index (χ0) is 21.9. The second-order valence-corrected chi connectivity index (χ2v) is 8.78. The van der Waals surface area contributed by atoms with Crippen LogP contribution in [-0.2, 0) is 19.6 Å². The number of carbonyl (C=O) groups excluding carboxylic acids is 2. The van der Waals surface area contributed by atoms with Crippen LogP contribution >= 0.6 is 0 Å². The summed E-state index contributed by atoms with van der Waals surface area (Å²) < 4.78 is 46.4. The number of nitrogens with zero attached hydrogens (tertiary/aromatic N) is 1. The van der Waals surface area contributed by atoms with Crippen LogP contribution in [0, 0.1) is 12.7 Å². The molecular formula is C20H22FN3O5S. The molecule has 0 unspecified atom stereocenters. The molecule has 1 aliphatic heterocycles. The molecule has 2 N–H and O–H groups in total. The van der Waals surface area contributed by atoms with Gasteiger partial charge in [-0.2, -0.15) is 4.31 Å². The SMILES string of the molecule is CC(=O)Nc1ccc(C)cc1NC(=O)c1cc(S(=O)(=O)N2CCOCC2)ccc1F. The van der Waals surface area contributed by atoms with E-state index in [1.165, 1.54) is 11.2 Å². The minimum absolute atomic E-state index is 0.178. The van der Waals surface area contributed by atoms with Crippen molar-refractivity contribution in [3.8, 4) is 0 Å². The first-order chi connectivity index (χ1) is 14.2. The zero-order valence-electron chi connectivity index (χ0n) is 16.6. The quantitative estimate of drug-likeness (QED) is 0.750. The van der Waals surface area contributed by atoms with E-state index in [4.69, 9.17) is 4.74 Å². The first-order valence-corrected chi connectivity index (χ1v) is 10.7. The number of aryl methyl sites for hydroxylation is 1. The predicted octanol–water partition coefficient (Wildman–Crippen LogP) is 2.37. The van der Waals surface area contributed by atoms with Gasteiger partial charge in [0.25, 0.3) is 5.91 Å². The lowest BCUT2D eigenvalue weighted by Crippen LogP contribution is -2.40. The lowest BCUT2D eigenvalue weighted by molar-refractivity contribution is -0.114. The maximum atomic E-state index is 14.4. The van der Waals surface area contributed by atoms with Crippen molar-refractivity contribution in [2.45, 2.75) is 18.7 Å². The van der Waals surface area contributed by atoms with Gasteiger partial charge in [0.15, 0.2) is 0 Å². The molecule has 30 heavy (non-hydrogen) atoms. The Labute approximate surface area is 174 Å². The van der Waals surface area contributed by atoms with Crippen molar-refractivity contribution < 1.29 is 27.1 Å². The summed E-state index contributed by atoms with van der Waals surface area (Å²) in [5, 5.41) is 5.14. The molecule has 160 valence electrons. The number of morpholine rings is 1. The van der Waals surface area contributed by atoms with Crippen molar-refractivity contribution >= 4 is 33.2 Å². The highest BCUT2D eigenvalue weighted by atomic mass is 32.2. The van der Waals surface area contributed by atoms with E-state index in [2.05, 4.69) is 10.6 Å². The van der Waals surface area contributed by atoms with Gasteiger partial charge in [-0.05, 0) is 42.8 Å². The van der Waals surface area contributed by atoms with Gasteiger partial charge in [-0.15, -0.1) is 0 Å². The van der Waals surface area contributed by atoms with Gasteiger partial charge in [0.05, 0.1) is 35.0 Å². The molecule has 2 aromatic carbocycles. The standard InChI is InChI=1S/C20H22FN3O5S/c1-13-3-6-18(22-14(2)25)19(11-13)23-20(26)16-12-15(4-5-17(16)21)30(27,28)24-7-9-29-10-8-24/h3-6,11-12H,7-10H2,1-2H3,(H,22,25)(H,23,26). The van der Waals surface area contributed by atoms with E-state index in [-0.39, 0.29) is 42.8 Å². The largest absolute Gasteiger partial charge is 0.379 e. The number of amides is 2. The molecule has 2 amide bonds.